The highest BCUT2D eigenvalue weighted by Crippen LogP contribution is 2.32. The molecule has 2 aromatic heterocycles. The van der Waals surface area contributed by atoms with Crippen LogP contribution in [0.15, 0.2) is 28.9 Å². The van der Waals surface area contributed by atoms with Crippen LogP contribution < -0.4 is 0 Å². The topological polar surface area (TPSA) is 106 Å². The highest BCUT2D eigenvalue weighted by atomic mass is 19.2. The van der Waals surface area contributed by atoms with Gasteiger partial charge in [0.1, 0.15) is 23.7 Å². The van der Waals surface area contributed by atoms with Crippen LogP contribution in [0.1, 0.15) is 43.8 Å². The van der Waals surface area contributed by atoms with Crippen LogP contribution in [0.25, 0.3) is 11.3 Å². The number of hydrogen-bond acceptors (Lipinski definition) is 7. The van der Waals surface area contributed by atoms with E-state index in [0.29, 0.717) is 12.2 Å². The molecule has 0 bridgehead atoms. The van der Waals surface area contributed by atoms with E-state index in [4.69, 9.17) is 9.26 Å². The summed E-state index contributed by atoms with van der Waals surface area (Å²) in [5.74, 6) is -1.35. The third-order valence-electron chi connectivity index (χ3n) is 5.77. The Morgan fingerprint density at radius 3 is 2.61 bits per heavy atom. The van der Waals surface area contributed by atoms with Crippen molar-refractivity contribution in [3.63, 3.8) is 0 Å². The van der Waals surface area contributed by atoms with Gasteiger partial charge in [0.2, 0.25) is 0 Å². The Kier molecular flexibility index (Phi) is 6.35. The number of aliphatic hydroxyl groups excluding tert-OH is 2. The summed E-state index contributed by atoms with van der Waals surface area (Å²) >= 11 is 0. The van der Waals surface area contributed by atoms with Crippen molar-refractivity contribution in [2.24, 2.45) is 0 Å². The van der Waals surface area contributed by atoms with Gasteiger partial charge >= 0.3 is 0 Å². The zero-order valence-corrected chi connectivity index (χ0v) is 18.9. The molecule has 33 heavy (non-hydrogen) atoms. The third-order valence-corrected chi connectivity index (χ3v) is 5.77. The van der Waals surface area contributed by atoms with Crippen LogP contribution in [0, 0.1) is 25.0 Å². The number of rotatable bonds is 5. The van der Waals surface area contributed by atoms with Crippen LogP contribution in [0.4, 0.5) is 8.78 Å². The standard InChI is InChI=1S/C23H27F2N4O4/c1-12-5-6-15(21(25)20(12)24)16-10-29(28-26-16)17-8-13(32-18(11-30)22(17)31)7-14-9-19(27-33-14)23(2,3)4/h5-6,8-10,13,17-18,22,30-31H,7,11H2,1-4H3/t13-,17-,18+,22+/m0/s1. The first kappa shape index (κ1) is 23.5. The molecule has 0 amide bonds. The Labute approximate surface area is 190 Å². The van der Waals surface area contributed by atoms with Gasteiger partial charge in [-0.3, -0.25) is 0 Å². The molecule has 2 N–H and O–H groups in total. The van der Waals surface area contributed by atoms with Crippen LogP contribution in [-0.4, -0.2) is 55.3 Å². The summed E-state index contributed by atoms with van der Waals surface area (Å²) in [7, 11) is 0. The van der Waals surface area contributed by atoms with Gasteiger partial charge in [-0.25, -0.2) is 13.5 Å². The van der Waals surface area contributed by atoms with Crippen LogP contribution in [-0.2, 0) is 16.6 Å². The fraction of sp³-hybridized carbons (Fsp3) is 0.478. The first-order valence-electron chi connectivity index (χ1n) is 10.7. The van der Waals surface area contributed by atoms with E-state index in [-0.39, 0.29) is 22.2 Å². The predicted octanol–water partition coefficient (Wildman–Crippen LogP) is 2.93. The minimum atomic E-state index is -1.12. The van der Waals surface area contributed by atoms with Gasteiger partial charge in [0.15, 0.2) is 11.6 Å². The van der Waals surface area contributed by atoms with E-state index in [0.717, 1.165) is 5.69 Å². The quantitative estimate of drug-likeness (QED) is 0.602. The first-order chi connectivity index (χ1) is 15.6. The van der Waals surface area contributed by atoms with Gasteiger partial charge in [0, 0.05) is 29.9 Å². The lowest BCUT2D eigenvalue weighted by Gasteiger charge is -2.38. The molecule has 0 aliphatic carbocycles. The molecule has 10 heteroatoms. The molecule has 1 fully saturated rings. The lowest BCUT2D eigenvalue weighted by atomic mass is 9.91. The maximum atomic E-state index is 14.4. The monoisotopic (exact) mass is 461 g/mol. The molecule has 1 aliphatic rings. The molecule has 0 unspecified atom stereocenters. The van der Waals surface area contributed by atoms with Gasteiger partial charge in [-0.05, 0) is 18.6 Å². The second kappa shape index (κ2) is 8.92. The summed E-state index contributed by atoms with van der Waals surface area (Å²) in [5, 5.41) is 32.5. The zero-order chi connectivity index (χ0) is 23.9. The normalized spacial score (nSPS) is 23.8. The molecule has 1 radical (unpaired) electrons. The largest absolute Gasteiger partial charge is 0.394 e. The number of ether oxygens (including phenoxy) is 1. The molecule has 1 aromatic carbocycles. The molecule has 1 aliphatic heterocycles. The van der Waals surface area contributed by atoms with E-state index in [1.54, 1.807) is 6.42 Å². The number of aryl methyl sites for hydroxylation is 1. The molecule has 8 nitrogen and oxygen atoms in total. The van der Waals surface area contributed by atoms with Crippen LogP contribution >= 0.6 is 0 Å². The molecule has 0 spiro atoms. The van der Waals surface area contributed by atoms with Gasteiger partial charge < -0.3 is 19.5 Å². The van der Waals surface area contributed by atoms with Crippen molar-refractivity contribution in [2.45, 2.75) is 63.9 Å². The minimum absolute atomic E-state index is 0.0301. The maximum absolute atomic E-state index is 14.4. The van der Waals surface area contributed by atoms with E-state index >= 15 is 0 Å². The molecule has 1 saturated heterocycles. The first-order valence-corrected chi connectivity index (χ1v) is 10.7. The summed E-state index contributed by atoms with van der Waals surface area (Å²) in [6, 6.07) is 4.03. The van der Waals surface area contributed by atoms with E-state index in [2.05, 4.69) is 15.5 Å². The summed E-state index contributed by atoms with van der Waals surface area (Å²) < 4.78 is 41.0. The maximum Gasteiger partial charge on any atom is 0.168 e. The van der Waals surface area contributed by atoms with E-state index in [1.165, 1.54) is 29.9 Å². The van der Waals surface area contributed by atoms with Crippen molar-refractivity contribution in [2.75, 3.05) is 6.61 Å². The number of hydrogen-bond donors (Lipinski definition) is 2. The lowest BCUT2D eigenvalue weighted by Crippen LogP contribution is -2.48. The molecule has 4 atom stereocenters. The second-order valence-corrected chi connectivity index (χ2v) is 9.34. The molecular weight excluding hydrogens is 434 g/mol. The Balaban J connectivity index is 1.57. The number of nitrogens with zero attached hydrogens (tertiary/aromatic N) is 4. The molecule has 4 rings (SSSR count). The number of aliphatic hydroxyl groups is 2. The molecule has 177 valence electrons. The van der Waals surface area contributed by atoms with Crippen LogP contribution in [0.2, 0.25) is 0 Å². The highest BCUT2D eigenvalue weighted by molar-refractivity contribution is 5.59. The molecule has 0 saturated carbocycles. The van der Waals surface area contributed by atoms with E-state index in [9.17, 15) is 19.0 Å². The molecule has 3 aromatic rings. The van der Waals surface area contributed by atoms with Gasteiger partial charge in [-0.2, -0.15) is 0 Å². The fourth-order valence-corrected chi connectivity index (χ4v) is 3.77. The van der Waals surface area contributed by atoms with Crippen molar-refractivity contribution in [1.29, 1.82) is 0 Å². The van der Waals surface area contributed by atoms with Gasteiger partial charge in [-0.15, -0.1) is 5.10 Å². The van der Waals surface area contributed by atoms with Crippen LogP contribution in [0.3, 0.4) is 0 Å². The summed E-state index contributed by atoms with van der Waals surface area (Å²) in [5.41, 5.74) is 0.912. The lowest BCUT2D eigenvalue weighted by molar-refractivity contribution is -0.132. The SMILES string of the molecule is Cc1ccc(-c2cn([C@H]3[CH][C@H](Cc4cc(C(C)(C)C)no4)O[C@H](CO)[C@@H]3O)nn2)c(F)c1F. The Morgan fingerprint density at radius 1 is 1.18 bits per heavy atom. The predicted molar refractivity (Wildman–Crippen MR) is 114 cm³/mol. The zero-order valence-electron chi connectivity index (χ0n) is 18.9. The smallest absolute Gasteiger partial charge is 0.168 e. The third kappa shape index (κ3) is 4.68. The van der Waals surface area contributed by atoms with Crippen molar-refractivity contribution >= 4 is 0 Å². The van der Waals surface area contributed by atoms with E-state index in [1.807, 2.05) is 26.8 Å². The van der Waals surface area contributed by atoms with Gasteiger partial charge in [0.05, 0.1) is 30.6 Å². The van der Waals surface area contributed by atoms with Gasteiger partial charge in [0.25, 0.3) is 0 Å². The van der Waals surface area contributed by atoms with Crippen LogP contribution in [0.5, 0.6) is 0 Å². The Morgan fingerprint density at radius 2 is 1.94 bits per heavy atom. The van der Waals surface area contributed by atoms with Crippen molar-refractivity contribution in [3.05, 3.63) is 59.5 Å². The summed E-state index contributed by atoms with van der Waals surface area (Å²) in [6.45, 7) is 7.14. The summed E-state index contributed by atoms with van der Waals surface area (Å²) in [4.78, 5) is 0. The average Bonchev–Trinajstić information content (AvgIpc) is 3.43. The minimum Gasteiger partial charge on any atom is -0.394 e. The van der Waals surface area contributed by atoms with E-state index < -0.39 is 42.6 Å². The molecular formula is C23H27F2N4O4. The summed E-state index contributed by atoms with van der Waals surface area (Å²) in [6.07, 6.45) is 0.970. The molecule has 3 heterocycles. The van der Waals surface area contributed by atoms with Crippen molar-refractivity contribution < 1.29 is 28.3 Å². The second-order valence-electron chi connectivity index (χ2n) is 9.34. The highest BCUT2D eigenvalue weighted by Gasteiger charge is 2.40. The Bertz CT molecular complexity index is 1120. The number of benzene rings is 1. The van der Waals surface area contributed by atoms with Gasteiger partial charge in [-0.1, -0.05) is 37.2 Å². The number of halogens is 2. The van der Waals surface area contributed by atoms with Crippen molar-refractivity contribution in [1.82, 2.24) is 20.2 Å². The average molecular weight is 461 g/mol. The Hall–Kier alpha value is -2.69. The fourth-order valence-electron chi connectivity index (χ4n) is 3.77. The van der Waals surface area contributed by atoms with Crippen molar-refractivity contribution in [3.8, 4) is 11.3 Å². The number of aromatic nitrogens is 4.